The molecule has 1 amide bonds. The van der Waals surface area contributed by atoms with Crippen molar-refractivity contribution in [3.63, 3.8) is 0 Å². The van der Waals surface area contributed by atoms with Gasteiger partial charge in [0.2, 0.25) is 5.91 Å². The molecule has 0 bridgehead atoms. The number of nitrogens with zero attached hydrogens (tertiary/aromatic N) is 1. The van der Waals surface area contributed by atoms with Crippen LogP contribution in [0.1, 0.15) is 6.92 Å². The number of aliphatic carboxylic acids is 1. The zero-order valence-corrected chi connectivity index (χ0v) is 14.0. The second kappa shape index (κ2) is 14.3. The predicted octanol–water partition coefficient (Wildman–Crippen LogP) is -4.82. The van der Waals surface area contributed by atoms with Crippen molar-refractivity contribution in [3.8, 4) is 0 Å². The third kappa shape index (κ3) is 16.4. The van der Waals surface area contributed by atoms with E-state index in [0.29, 0.717) is 0 Å². The molecular formula is C10H17NNa2O6S. The second-order valence-corrected chi connectivity index (χ2v) is 5.11. The van der Waals surface area contributed by atoms with Crippen molar-refractivity contribution in [2.75, 3.05) is 13.6 Å². The summed E-state index contributed by atoms with van der Waals surface area (Å²) in [5.41, 5.74) is 0. The van der Waals surface area contributed by atoms with Gasteiger partial charge >= 0.3 is 59.1 Å². The van der Waals surface area contributed by atoms with Crippen LogP contribution < -0.4 is 34.7 Å². The first-order valence-electron chi connectivity index (χ1n) is 4.73. The van der Waals surface area contributed by atoms with E-state index >= 15 is 0 Å². The van der Waals surface area contributed by atoms with Gasteiger partial charge in [0, 0.05) is 13.6 Å². The molecule has 0 saturated heterocycles. The average molecular weight is 325 g/mol. The Balaban J connectivity index is -0.000000158. The predicted molar refractivity (Wildman–Crippen MR) is 71.2 cm³/mol. The van der Waals surface area contributed by atoms with E-state index in [1.807, 2.05) is 0 Å². The molecule has 1 N–H and O–H groups in total. The van der Waals surface area contributed by atoms with Crippen molar-refractivity contribution in [2.24, 2.45) is 0 Å². The summed E-state index contributed by atoms with van der Waals surface area (Å²) in [5.74, 6) is -1.61. The van der Waals surface area contributed by atoms with E-state index in [1.165, 1.54) is 18.9 Å². The topological polar surface area (TPSA) is 115 Å². The number of amides is 1. The van der Waals surface area contributed by atoms with Crippen LogP contribution in [0.3, 0.4) is 0 Å². The van der Waals surface area contributed by atoms with Crippen molar-refractivity contribution in [2.45, 2.75) is 12.2 Å². The van der Waals surface area contributed by atoms with Crippen molar-refractivity contribution in [3.05, 3.63) is 25.3 Å². The summed E-state index contributed by atoms with van der Waals surface area (Å²) in [7, 11) is -2.63. The molecule has 10 heteroatoms. The summed E-state index contributed by atoms with van der Waals surface area (Å²) >= 11 is 0. The van der Waals surface area contributed by atoms with E-state index in [9.17, 15) is 13.2 Å². The van der Waals surface area contributed by atoms with Gasteiger partial charge < -0.3 is 14.8 Å². The molecule has 0 spiro atoms. The van der Waals surface area contributed by atoms with E-state index in [1.54, 1.807) is 0 Å². The van der Waals surface area contributed by atoms with Crippen LogP contribution in [0.15, 0.2) is 25.3 Å². The summed E-state index contributed by atoms with van der Waals surface area (Å²) in [5, 5.41) is 8.15. The Kier molecular flexibility index (Phi) is 20.3. The number of likely N-dealkylation sites (N-methyl/N-ethyl adjacent to an activating group) is 1. The number of carbonyl (C=O) groups excluding carboxylic acids is 2. The quantitative estimate of drug-likeness (QED) is 0.308. The van der Waals surface area contributed by atoms with Crippen molar-refractivity contribution in [1.29, 1.82) is 0 Å². The first-order chi connectivity index (χ1) is 8.06. The normalized spacial score (nSPS) is 10.3. The van der Waals surface area contributed by atoms with E-state index < -0.39 is 21.3 Å². The third-order valence-electron chi connectivity index (χ3n) is 1.76. The monoisotopic (exact) mass is 325 g/mol. The van der Waals surface area contributed by atoms with Crippen LogP contribution in [0.2, 0.25) is 0 Å². The summed E-state index contributed by atoms with van der Waals surface area (Å²) in [4.78, 5) is 21.2. The Morgan fingerprint density at radius 1 is 1.35 bits per heavy atom. The molecule has 0 aliphatic rings. The van der Waals surface area contributed by atoms with E-state index in [2.05, 4.69) is 13.2 Å². The fourth-order valence-corrected chi connectivity index (χ4v) is 1.14. The van der Waals surface area contributed by atoms with Crippen LogP contribution in [-0.4, -0.2) is 78.1 Å². The van der Waals surface area contributed by atoms with Crippen molar-refractivity contribution < 1.29 is 57.2 Å². The van der Waals surface area contributed by atoms with Crippen LogP contribution in [0.5, 0.6) is 0 Å². The van der Waals surface area contributed by atoms with Gasteiger partial charge in [-0.15, -0.1) is 0 Å². The molecule has 106 valence electrons. The van der Waals surface area contributed by atoms with Gasteiger partial charge in [0.25, 0.3) is 10.1 Å². The Labute approximate surface area is 163 Å². The number of carboxylic acid groups (broad SMARTS) is 1. The zero-order chi connectivity index (χ0) is 14.9. The Morgan fingerprint density at radius 2 is 1.70 bits per heavy atom. The van der Waals surface area contributed by atoms with Gasteiger partial charge in [-0.2, -0.15) is 8.42 Å². The maximum absolute atomic E-state index is 10.9. The molecule has 0 saturated carbocycles. The molecule has 0 aliphatic heterocycles. The molecule has 7 nitrogen and oxygen atoms in total. The average Bonchev–Trinajstić information content (AvgIpc) is 2.27. The van der Waals surface area contributed by atoms with Gasteiger partial charge in [-0.1, -0.05) is 13.2 Å². The Morgan fingerprint density at radius 3 is 1.90 bits per heavy atom. The van der Waals surface area contributed by atoms with Gasteiger partial charge in [0.1, 0.15) is 5.25 Å². The minimum atomic E-state index is -4.07. The summed E-state index contributed by atoms with van der Waals surface area (Å²) in [6, 6.07) is 0. The van der Waals surface area contributed by atoms with Crippen LogP contribution in [0, 0.1) is 0 Å². The van der Waals surface area contributed by atoms with Crippen molar-refractivity contribution in [1.82, 2.24) is 4.90 Å². The number of rotatable bonds is 5. The van der Waals surface area contributed by atoms with E-state index in [-0.39, 0.29) is 71.6 Å². The molecule has 0 fully saturated rings. The Hall–Kier alpha value is 0.330. The molecule has 0 heterocycles. The third-order valence-corrected chi connectivity index (χ3v) is 2.92. The molecule has 0 radical (unpaired) electrons. The number of hydrogen-bond donors (Lipinski definition) is 1. The molecule has 0 rings (SSSR count). The second-order valence-electron chi connectivity index (χ2n) is 3.27. The van der Waals surface area contributed by atoms with Crippen LogP contribution in [0.4, 0.5) is 0 Å². The van der Waals surface area contributed by atoms with Crippen molar-refractivity contribution >= 4 is 51.6 Å². The first-order valence-corrected chi connectivity index (χ1v) is 6.23. The molecule has 0 aromatic heterocycles. The van der Waals surface area contributed by atoms with Gasteiger partial charge in [0.15, 0.2) is 0 Å². The molecule has 20 heavy (non-hydrogen) atoms. The summed E-state index contributed by atoms with van der Waals surface area (Å²) < 4.78 is 29.7. The Bertz CT molecular complexity index is 423. The number of carboxylic acids is 1. The van der Waals surface area contributed by atoms with Gasteiger partial charge in [-0.25, -0.2) is 0 Å². The van der Waals surface area contributed by atoms with E-state index in [4.69, 9.17) is 14.5 Å². The number of carbonyl (C=O) groups is 2. The molecule has 1 unspecified atom stereocenters. The van der Waals surface area contributed by atoms with Crippen LogP contribution >= 0.6 is 0 Å². The molecule has 1 atom stereocenters. The first kappa shape index (κ1) is 28.5. The molecular weight excluding hydrogens is 308 g/mol. The fraction of sp³-hybridized carbons (Fsp3) is 0.400. The molecule has 0 aromatic rings. The van der Waals surface area contributed by atoms with Gasteiger partial charge in [-0.3, -0.25) is 9.35 Å². The van der Waals surface area contributed by atoms with Gasteiger partial charge in [-0.05, 0) is 19.1 Å². The minimum absolute atomic E-state index is 0. The zero-order valence-electron chi connectivity index (χ0n) is 11.2. The molecule has 0 aromatic carbocycles. The van der Waals surface area contributed by atoms with Gasteiger partial charge in [0.05, 0.1) is 5.97 Å². The number of hydrogen-bond acceptors (Lipinski definition) is 5. The molecule has 0 aliphatic carbocycles. The van der Waals surface area contributed by atoms with E-state index in [0.717, 1.165) is 12.2 Å². The fourth-order valence-electron chi connectivity index (χ4n) is 0.726. The summed E-state index contributed by atoms with van der Waals surface area (Å²) in [6.45, 7) is 7.42. The SMILES string of the molecule is C=CC(=O)N(C)CC(C)S(=O)(=O)O.C=CC(=O)[O-].[Na+].[NaH]. The standard InChI is InChI=1S/C7H13NO4S.C3H4O2.2Na.H/c1-4-7(9)8(3)5-6(2)13(10,11)12;1-2-3(4)5;;;/h4,6H,1,5H2,2-3H3,(H,10,11,12);2H,1H2,(H,4,5);;;/q;;;+1;/p-1. The van der Waals surface area contributed by atoms with Crippen LogP contribution in [0.25, 0.3) is 0 Å². The van der Waals surface area contributed by atoms with Crippen LogP contribution in [-0.2, 0) is 19.7 Å². The summed E-state index contributed by atoms with van der Waals surface area (Å²) in [6.07, 6.45) is 1.80. The maximum atomic E-state index is 10.9.